The second kappa shape index (κ2) is 7.04. The van der Waals surface area contributed by atoms with E-state index < -0.39 is 11.9 Å². The molecule has 0 radical (unpaired) electrons. The Balaban J connectivity index is 1.42. The van der Waals surface area contributed by atoms with Gasteiger partial charge in [-0.05, 0) is 13.0 Å². The van der Waals surface area contributed by atoms with Gasteiger partial charge in [0.05, 0.1) is 17.3 Å². The summed E-state index contributed by atoms with van der Waals surface area (Å²) < 4.78 is 43.4. The van der Waals surface area contributed by atoms with Crippen molar-refractivity contribution < 1.29 is 13.2 Å². The molecule has 0 spiro atoms. The van der Waals surface area contributed by atoms with Gasteiger partial charge in [-0.15, -0.1) is 15.3 Å². The lowest BCUT2D eigenvalue weighted by molar-refractivity contribution is -0.143. The third kappa shape index (κ3) is 3.30. The first kappa shape index (κ1) is 19.5. The predicted octanol–water partition coefficient (Wildman–Crippen LogP) is 2.32. The molecule has 0 aliphatic carbocycles. The van der Waals surface area contributed by atoms with Gasteiger partial charge >= 0.3 is 6.18 Å². The summed E-state index contributed by atoms with van der Waals surface area (Å²) in [6.07, 6.45) is -1.33. The first-order valence-corrected chi connectivity index (χ1v) is 10.0. The summed E-state index contributed by atoms with van der Waals surface area (Å²) in [5.41, 5.74) is 0.494. The van der Waals surface area contributed by atoms with Crippen LogP contribution in [-0.2, 0) is 25.5 Å². The van der Waals surface area contributed by atoms with Crippen LogP contribution in [0.1, 0.15) is 18.4 Å². The Bertz CT molecular complexity index is 1390. The van der Waals surface area contributed by atoms with Crippen LogP contribution in [0.3, 0.4) is 0 Å². The fourth-order valence-corrected chi connectivity index (χ4v) is 4.04. The van der Waals surface area contributed by atoms with E-state index in [1.165, 1.54) is 18.8 Å². The molecule has 0 amide bonds. The molecule has 0 fully saturated rings. The molecule has 0 bridgehead atoms. The molecule has 5 heterocycles. The van der Waals surface area contributed by atoms with Crippen molar-refractivity contribution in [3.05, 3.63) is 30.1 Å². The molecular formula is C16H14F3N11S. The first-order valence-electron chi connectivity index (χ1n) is 9.06. The average Bonchev–Trinajstić information content (AvgIpc) is 3.48. The maximum Gasteiger partial charge on any atom is 0.433 e. The fraction of sp³-hybridized carbons (Fsp3) is 0.312. The number of halogens is 3. The van der Waals surface area contributed by atoms with Crippen molar-refractivity contribution in [3.63, 3.8) is 0 Å². The Morgan fingerprint density at radius 3 is 2.77 bits per heavy atom. The van der Waals surface area contributed by atoms with E-state index in [0.29, 0.717) is 34.6 Å². The fourth-order valence-electron chi connectivity index (χ4n) is 3.19. The van der Waals surface area contributed by atoms with Crippen LogP contribution in [0.25, 0.3) is 28.2 Å². The Labute approximate surface area is 175 Å². The average molecular weight is 449 g/mol. The van der Waals surface area contributed by atoms with Crippen molar-refractivity contribution in [2.75, 3.05) is 0 Å². The quantitative estimate of drug-likeness (QED) is 0.406. The topological polar surface area (TPSA) is 120 Å². The van der Waals surface area contributed by atoms with Crippen molar-refractivity contribution in [1.29, 1.82) is 0 Å². The maximum absolute atomic E-state index is 13.1. The highest BCUT2D eigenvalue weighted by atomic mass is 32.2. The minimum absolute atomic E-state index is 0.107. The molecule has 0 saturated heterocycles. The molecule has 0 unspecified atom stereocenters. The second-order valence-electron chi connectivity index (χ2n) is 6.55. The zero-order chi connectivity index (χ0) is 21.8. The van der Waals surface area contributed by atoms with E-state index >= 15 is 0 Å². The third-order valence-corrected chi connectivity index (χ3v) is 5.56. The number of rotatable bonds is 5. The normalized spacial score (nSPS) is 12.4. The molecule has 11 nitrogen and oxygen atoms in total. The number of aromatic amines is 1. The van der Waals surface area contributed by atoms with Gasteiger partial charge in [-0.3, -0.25) is 9.78 Å². The number of aryl methyl sites for hydroxylation is 1. The van der Waals surface area contributed by atoms with Crippen molar-refractivity contribution in [1.82, 2.24) is 54.3 Å². The van der Waals surface area contributed by atoms with Crippen LogP contribution in [0.2, 0.25) is 0 Å². The lowest BCUT2D eigenvalue weighted by Gasteiger charge is -2.04. The van der Waals surface area contributed by atoms with Gasteiger partial charge in [-0.25, -0.2) is 14.5 Å². The van der Waals surface area contributed by atoms with Gasteiger partial charge in [0.15, 0.2) is 28.1 Å². The highest BCUT2D eigenvalue weighted by Gasteiger charge is 2.35. The van der Waals surface area contributed by atoms with E-state index in [0.717, 1.165) is 16.1 Å². The van der Waals surface area contributed by atoms with E-state index in [1.807, 2.05) is 6.92 Å². The van der Waals surface area contributed by atoms with Crippen LogP contribution >= 0.6 is 11.8 Å². The summed E-state index contributed by atoms with van der Waals surface area (Å²) in [6, 6.07) is 0.970. The highest BCUT2D eigenvalue weighted by molar-refractivity contribution is 7.98. The predicted molar refractivity (Wildman–Crippen MR) is 103 cm³/mol. The van der Waals surface area contributed by atoms with Crippen LogP contribution in [-0.4, -0.2) is 54.3 Å². The highest BCUT2D eigenvalue weighted by Crippen LogP contribution is 2.32. The van der Waals surface area contributed by atoms with Gasteiger partial charge in [0.25, 0.3) is 0 Å². The van der Waals surface area contributed by atoms with Gasteiger partial charge in [-0.1, -0.05) is 11.8 Å². The number of aromatic nitrogens is 11. The van der Waals surface area contributed by atoms with Crippen molar-refractivity contribution in [2.45, 2.75) is 30.6 Å². The minimum atomic E-state index is -4.50. The van der Waals surface area contributed by atoms with Crippen molar-refractivity contribution in [2.24, 2.45) is 7.05 Å². The van der Waals surface area contributed by atoms with Crippen molar-refractivity contribution >= 4 is 28.4 Å². The molecule has 5 aromatic rings. The Kier molecular flexibility index (Phi) is 4.42. The zero-order valence-electron chi connectivity index (χ0n) is 16.2. The standard InChI is InChI=1S/C16H14F3N11S/c1-3-29-14(9-4-10(16(17,18)19)28(2)26-9)24-25-15(29)31-6-11-22-13-8-5-21-23-12(8)20-7-30(13)27-11/h4-5,7H,3,6H2,1-2H3,(H,21,23). The molecule has 0 aliphatic rings. The largest absolute Gasteiger partial charge is 0.433 e. The molecule has 15 heteroatoms. The van der Waals surface area contributed by atoms with Gasteiger partial charge in [0.2, 0.25) is 0 Å². The number of alkyl halides is 3. The summed E-state index contributed by atoms with van der Waals surface area (Å²) >= 11 is 1.33. The summed E-state index contributed by atoms with van der Waals surface area (Å²) in [4.78, 5) is 8.74. The second-order valence-corrected chi connectivity index (χ2v) is 7.49. The summed E-state index contributed by atoms with van der Waals surface area (Å²) in [6.45, 7) is 2.32. The van der Waals surface area contributed by atoms with E-state index in [9.17, 15) is 13.2 Å². The molecule has 5 rings (SSSR count). The lowest BCUT2D eigenvalue weighted by Crippen LogP contribution is -2.11. The van der Waals surface area contributed by atoms with Crippen LogP contribution in [0, 0.1) is 0 Å². The maximum atomic E-state index is 13.1. The SMILES string of the molecule is CCn1c(SCc2nc3c4cn[nH]c4ncn3n2)nnc1-c1cc(C(F)(F)F)n(C)n1. The lowest BCUT2D eigenvalue weighted by atomic mass is 10.3. The molecule has 31 heavy (non-hydrogen) atoms. The van der Waals surface area contributed by atoms with Crippen molar-refractivity contribution in [3.8, 4) is 11.5 Å². The molecule has 1 N–H and O–H groups in total. The number of fused-ring (bicyclic) bond motifs is 3. The number of nitrogens with one attached hydrogen (secondary N) is 1. The van der Waals surface area contributed by atoms with Crippen LogP contribution in [0.15, 0.2) is 23.7 Å². The van der Waals surface area contributed by atoms with Gasteiger partial charge < -0.3 is 4.57 Å². The van der Waals surface area contributed by atoms with Gasteiger partial charge in [0, 0.05) is 13.6 Å². The number of hydrogen-bond donors (Lipinski definition) is 1. The monoisotopic (exact) mass is 449 g/mol. The summed E-state index contributed by atoms with van der Waals surface area (Å²) in [5.74, 6) is 1.20. The molecule has 0 aliphatic heterocycles. The number of hydrogen-bond acceptors (Lipinski definition) is 8. The van der Waals surface area contributed by atoms with Crippen LogP contribution in [0.4, 0.5) is 13.2 Å². The Morgan fingerprint density at radius 1 is 1.19 bits per heavy atom. The molecule has 5 aromatic heterocycles. The molecular weight excluding hydrogens is 435 g/mol. The Hall–Kier alpha value is -3.49. The number of nitrogens with zero attached hydrogens (tertiary/aromatic N) is 10. The van der Waals surface area contributed by atoms with E-state index in [2.05, 4.69) is 40.6 Å². The van der Waals surface area contributed by atoms with E-state index in [-0.39, 0.29) is 11.5 Å². The molecule has 0 aromatic carbocycles. The minimum Gasteiger partial charge on any atom is -0.301 e. The zero-order valence-corrected chi connectivity index (χ0v) is 17.0. The number of thioether (sulfide) groups is 1. The van der Waals surface area contributed by atoms with E-state index in [4.69, 9.17) is 0 Å². The summed E-state index contributed by atoms with van der Waals surface area (Å²) in [7, 11) is 1.25. The van der Waals surface area contributed by atoms with Crippen LogP contribution in [0.5, 0.6) is 0 Å². The third-order valence-electron chi connectivity index (χ3n) is 4.59. The first-order chi connectivity index (χ1) is 14.8. The Morgan fingerprint density at radius 2 is 2.03 bits per heavy atom. The summed E-state index contributed by atoms with van der Waals surface area (Å²) in [5, 5.41) is 24.6. The molecule has 0 saturated carbocycles. The van der Waals surface area contributed by atoms with Gasteiger partial charge in [-0.2, -0.15) is 23.4 Å². The molecule has 160 valence electrons. The van der Waals surface area contributed by atoms with E-state index in [1.54, 1.807) is 21.6 Å². The smallest absolute Gasteiger partial charge is 0.301 e. The molecule has 0 atom stereocenters. The van der Waals surface area contributed by atoms with Gasteiger partial charge in [0.1, 0.15) is 17.7 Å². The number of H-pyrrole nitrogens is 1. The van der Waals surface area contributed by atoms with Crippen LogP contribution < -0.4 is 0 Å².